The fraction of sp³-hybridized carbons (Fsp3) is 0. The Bertz CT molecular complexity index is 599. The molecule has 0 radical (unpaired) electrons. The Balaban J connectivity index is 2.04. The minimum absolute atomic E-state index is 1.04. The van der Waals surface area contributed by atoms with E-state index in [2.05, 4.69) is 15.5 Å². The van der Waals surface area contributed by atoms with Gasteiger partial charge in [-0.2, -0.15) is 5.10 Å². The molecule has 2 aromatic carbocycles. The summed E-state index contributed by atoms with van der Waals surface area (Å²) in [6, 6.07) is 16.2. The highest BCUT2D eigenvalue weighted by molar-refractivity contribution is 5.92. The van der Waals surface area contributed by atoms with Crippen molar-refractivity contribution in [2.24, 2.45) is 0 Å². The van der Waals surface area contributed by atoms with E-state index in [-0.39, 0.29) is 0 Å². The lowest BCUT2D eigenvalue weighted by Gasteiger charge is -2.06. The average Bonchev–Trinajstić information content (AvgIpc) is 2.80. The summed E-state index contributed by atoms with van der Waals surface area (Å²) in [5, 5.41) is 11.5. The molecule has 1 heterocycles. The summed E-state index contributed by atoms with van der Waals surface area (Å²) in [6.07, 6.45) is 1.83. The first kappa shape index (κ1) is 8.97. The zero-order chi connectivity index (χ0) is 10.8. The Hall–Kier alpha value is -2.29. The molecule has 2 N–H and O–H groups in total. The van der Waals surface area contributed by atoms with Crippen LogP contribution in [0.3, 0.4) is 0 Å². The first-order chi connectivity index (χ1) is 7.93. The number of hydrogen-bond donors (Lipinski definition) is 2. The van der Waals surface area contributed by atoms with Crippen LogP contribution in [0, 0.1) is 0 Å². The molecule has 3 rings (SSSR count). The number of para-hydroxylation sites is 1. The molecule has 0 aliphatic rings. The molecule has 0 fully saturated rings. The molecule has 0 saturated heterocycles. The Labute approximate surface area is 93.1 Å². The number of rotatable bonds is 2. The van der Waals surface area contributed by atoms with Gasteiger partial charge in [0.2, 0.25) is 0 Å². The van der Waals surface area contributed by atoms with E-state index < -0.39 is 0 Å². The smallest absolute Gasteiger partial charge is 0.0671 e. The third-order valence-corrected chi connectivity index (χ3v) is 2.54. The minimum atomic E-state index is 1.04. The standard InChI is InChI=1S/C13H11N3/c1-2-5-10(6-3-1)15-12-7-4-8-13-11(12)9-14-16-13/h1-9,15H,(H,14,16). The van der Waals surface area contributed by atoms with E-state index in [1.54, 1.807) is 0 Å². The van der Waals surface area contributed by atoms with Crippen LogP contribution >= 0.6 is 0 Å². The molecule has 3 nitrogen and oxygen atoms in total. The van der Waals surface area contributed by atoms with E-state index in [4.69, 9.17) is 0 Å². The minimum Gasteiger partial charge on any atom is -0.355 e. The molecule has 0 aliphatic carbocycles. The number of hydrogen-bond acceptors (Lipinski definition) is 2. The van der Waals surface area contributed by atoms with E-state index >= 15 is 0 Å². The SMILES string of the molecule is c1ccc(Nc2cccc3[nH]ncc23)cc1. The Kier molecular flexibility index (Phi) is 2.07. The molecule has 3 heteroatoms. The maximum Gasteiger partial charge on any atom is 0.0671 e. The third-order valence-electron chi connectivity index (χ3n) is 2.54. The second kappa shape index (κ2) is 3.70. The summed E-state index contributed by atoms with van der Waals surface area (Å²) in [7, 11) is 0. The zero-order valence-corrected chi connectivity index (χ0v) is 8.64. The van der Waals surface area contributed by atoms with Gasteiger partial charge in [-0.15, -0.1) is 0 Å². The van der Waals surface area contributed by atoms with Gasteiger partial charge in [0.05, 0.1) is 11.7 Å². The van der Waals surface area contributed by atoms with E-state index in [0.29, 0.717) is 0 Å². The highest BCUT2D eigenvalue weighted by Crippen LogP contribution is 2.24. The van der Waals surface area contributed by atoms with Gasteiger partial charge in [-0.05, 0) is 24.3 Å². The highest BCUT2D eigenvalue weighted by Gasteiger charge is 2.01. The predicted octanol–water partition coefficient (Wildman–Crippen LogP) is 3.31. The lowest BCUT2D eigenvalue weighted by atomic mass is 10.2. The first-order valence-electron chi connectivity index (χ1n) is 5.18. The number of aromatic amines is 1. The van der Waals surface area contributed by atoms with E-state index in [0.717, 1.165) is 22.3 Å². The van der Waals surface area contributed by atoms with Crippen LogP contribution in [0.15, 0.2) is 54.7 Å². The number of benzene rings is 2. The van der Waals surface area contributed by atoms with Crippen molar-refractivity contribution in [3.8, 4) is 0 Å². The number of nitrogens with zero attached hydrogens (tertiary/aromatic N) is 1. The maximum atomic E-state index is 4.04. The van der Waals surface area contributed by atoms with Crippen LogP contribution in [-0.2, 0) is 0 Å². The van der Waals surface area contributed by atoms with Gasteiger partial charge in [0.1, 0.15) is 0 Å². The van der Waals surface area contributed by atoms with Crippen LogP contribution < -0.4 is 5.32 Å². The van der Waals surface area contributed by atoms with Gasteiger partial charge in [0.15, 0.2) is 0 Å². The van der Waals surface area contributed by atoms with Gasteiger partial charge in [0, 0.05) is 16.8 Å². The normalized spacial score (nSPS) is 10.5. The Morgan fingerprint density at radius 1 is 0.938 bits per heavy atom. The second-order valence-electron chi connectivity index (χ2n) is 3.63. The molecule has 1 aromatic heterocycles. The van der Waals surface area contributed by atoms with Crippen molar-refractivity contribution in [2.45, 2.75) is 0 Å². The molecule has 78 valence electrons. The summed E-state index contributed by atoms with van der Waals surface area (Å²) < 4.78 is 0. The van der Waals surface area contributed by atoms with Crippen molar-refractivity contribution in [3.63, 3.8) is 0 Å². The van der Waals surface area contributed by atoms with Gasteiger partial charge in [-0.25, -0.2) is 0 Å². The molecule has 0 bridgehead atoms. The van der Waals surface area contributed by atoms with Crippen molar-refractivity contribution < 1.29 is 0 Å². The lowest BCUT2D eigenvalue weighted by molar-refractivity contribution is 1.12. The van der Waals surface area contributed by atoms with Crippen LogP contribution in [0.5, 0.6) is 0 Å². The number of anilines is 2. The molecular formula is C13H11N3. The zero-order valence-electron chi connectivity index (χ0n) is 8.64. The largest absolute Gasteiger partial charge is 0.355 e. The topological polar surface area (TPSA) is 40.7 Å². The maximum absolute atomic E-state index is 4.04. The van der Waals surface area contributed by atoms with Crippen LogP contribution in [0.1, 0.15) is 0 Å². The molecule has 0 saturated carbocycles. The number of H-pyrrole nitrogens is 1. The number of nitrogens with one attached hydrogen (secondary N) is 2. The fourth-order valence-corrected chi connectivity index (χ4v) is 1.75. The van der Waals surface area contributed by atoms with Gasteiger partial charge in [0.25, 0.3) is 0 Å². The van der Waals surface area contributed by atoms with E-state index in [1.807, 2.05) is 54.7 Å². The summed E-state index contributed by atoms with van der Waals surface area (Å²) in [5.74, 6) is 0. The summed E-state index contributed by atoms with van der Waals surface area (Å²) in [4.78, 5) is 0. The summed E-state index contributed by atoms with van der Waals surface area (Å²) >= 11 is 0. The summed E-state index contributed by atoms with van der Waals surface area (Å²) in [6.45, 7) is 0. The van der Waals surface area contributed by atoms with Crippen molar-refractivity contribution in [1.82, 2.24) is 10.2 Å². The van der Waals surface area contributed by atoms with Gasteiger partial charge in [-0.1, -0.05) is 24.3 Å². The van der Waals surface area contributed by atoms with Crippen molar-refractivity contribution >= 4 is 22.3 Å². The van der Waals surface area contributed by atoms with Crippen molar-refractivity contribution in [1.29, 1.82) is 0 Å². The van der Waals surface area contributed by atoms with Gasteiger partial charge >= 0.3 is 0 Å². The molecular weight excluding hydrogens is 198 g/mol. The fourth-order valence-electron chi connectivity index (χ4n) is 1.75. The van der Waals surface area contributed by atoms with Crippen molar-refractivity contribution in [3.05, 3.63) is 54.7 Å². The lowest BCUT2D eigenvalue weighted by Crippen LogP contribution is -1.89. The van der Waals surface area contributed by atoms with Crippen LogP contribution in [0.25, 0.3) is 10.9 Å². The van der Waals surface area contributed by atoms with Crippen LogP contribution in [0.2, 0.25) is 0 Å². The third kappa shape index (κ3) is 1.52. The quantitative estimate of drug-likeness (QED) is 0.679. The molecule has 0 aliphatic heterocycles. The van der Waals surface area contributed by atoms with Gasteiger partial charge in [-0.3, -0.25) is 5.10 Å². The number of fused-ring (bicyclic) bond motifs is 1. The monoisotopic (exact) mass is 209 g/mol. The van der Waals surface area contributed by atoms with Crippen molar-refractivity contribution in [2.75, 3.05) is 5.32 Å². The molecule has 0 spiro atoms. The first-order valence-corrected chi connectivity index (χ1v) is 5.18. The Morgan fingerprint density at radius 2 is 1.81 bits per heavy atom. The highest BCUT2D eigenvalue weighted by atomic mass is 15.1. The van der Waals surface area contributed by atoms with E-state index in [9.17, 15) is 0 Å². The van der Waals surface area contributed by atoms with Gasteiger partial charge < -0.3 is 5.32 Å². The molecule has 16 heavy (non-hydrogen) atoms. The second-order valence-corrected chi connectivity index (χ2v) is 3.63. The molecule has 0 amide bonds. The van der Waals surface area contributed by atoms with Crippen LogP contribution in [0.4, 0.5) is 11.4 Å². The van der Waals surface area contributed by atoms with Crippen LogP contribution in [-0.4, -0.2) is 10.2 Å². The number of aromatic nitrogens is 2. The molecule has 0 atom stereocenters. The average molecular weight is 209 g/mol. The Morgan fingerprint density at radius 3 is 2.69 bits per heavy atom. The molecule has 3 aromatic rings. The predicted molar refractivity (Wildman–Crippen MR) is 65.8 cm³/mol. The van der Waals surface area contributed by atoms with E-state index in [1.165, 1.54) is 0 Å². The summed E-state index contributed by atoms with van der Waals surface area (Å²) in [5.41, 5.74) is 3.19. The molecule has 0 unspecified atom stereocenters.